The Morgan fingerprint density at radius 1 is 0.610 bits per heavy atom. The molecule has 0 aromatic heterocycles. The summed E-state index contributed by atoms with van der Waals surface area (Å²) in [6, 6.07) is 23.3. The van der Waals surface area contributed by atoms with Crippen LogP contribution in [0.25, 0.3) is 10.8 Å². The van der Waals surface area contributed by atoms with Gasteiger partial charge < -0.3 is 14.6 Å². The minimum absolute atomic E-state index is 0.0409. The lowest BCUT2D eigenvalue weighted by atomic mass is 10.0. The van der Waals surface area contributed by atoms with E-state index < -0.39 is 41.9 Å². The molecular weight excluding hydrogens is 575 g/mol. The van der Waals surface area contributed by atoms with Crippen molar-refractivity contribution in [3.8, 4) is 0 Å². The van der Waals surface area contributed by atoms with Crippen LogP contribution in [0.3, 0.4) is 0 Å². The zero-order valence-electron chi connectivity index (χ0n) is 20.9. The van der Waals surface area contributed by atoms with Crippen molar-refractivity contribution in [1.29, 1.82) is 0 Å². The third-order valence-electron chi connectivity index (χ3n) is 5.77. The van der Waals surface area contributed by atoms with Crippen LogP contribution in [-0.2, 0) is 19.1 Å². The molecule has 3 N–H and O–H groups in total. The van der Waals surface area contributed by atoms with Crippen LogP contribution in [0.1, 0.15) is 31.1 Å². The summed E-state index contributed by atoms with van der Waals surface area (Å²) < 4.78 is 10.3. The maximum Gasteiger partial charge on any atom is 0.349 e. The second-order valence-corrected chi connectivity index (χ2v) is 9.23. The van der Waals surface area contributed by atoms with Gasteiger partial charge in [-0.15, -0.1) is 0 Å². The molecule has 0 unspecified atom stereocenters. The Hall–Kier alpha value is -4.93. The first kappa shape index (κ1) is 29.1. The lowest BCUT2D eigenvalue weighted by molar-refractivity contribution is -0.159. The first-order chi connectivity index (χ1) is 19.7. The van der Waals surface area contributed by atoms with Gasteiger partial charge in [0.05, 0.1) is 21.2 Å². The lowest BCUT2D eigenvalue weighted by Crippen LogP contribution is -2.54. The minimum Gasteiger partial charge on any atom is -0.478 e. The van der Waals surface area contributed by atoms with Crippen molar-refractivity contribution in [2.75, 3.05) is 0 Å². The number of aliphatic carboxylic acids is 1. The summed E-state index contributed by atoms with van der Waals surface area (Å²) in [4.78, 5) is 64.0. The van der Waals surface area contributed by atoms with Gasteiger partial charge in [-0.3, -0.25) is 20.4 Å². The number of benzene rings is 4. The van der Waals surface area contributed by atoms with Crippen molar-refractivity contribution in [2.24, 2.45) is 0 Å². The number of rotatable bonds is 8. The van der Waals surface area contributed by atoms with Gasteiger partial charge in [0.1, 0.15) is 0 Å². The van der Waals surface area contributed by atoms with Crippen molar-refractivity contribution >= 4 is 63.7 Å². The normalized spacial score (nSPS) is 12.0. The van der Waals surface area contributed by atoms with E-state index >= 15 is 0 Å². The molecule has 0 aliphatic heterocycles. The minimum atomic E-state index is -2.35. The molecule has 0 spiro atoms. The summed E-state index contributed by atoms with van der Waals surface area (Å²) in [7, 11) is 0. The fraction of sp³-hybridized carbons (Fsp3) is 0.0690. The van der Waals surface area contributed by atoms with Gasteiger partial charge in [-0.1, -0.05) is 83.9 Å². The molecule has 0 aliphatic carbocycles. The van der Waals surface area contributed by atoms with Crippen LogP contribution in [0.2, 0.25) is 10.0 Å². The highest BCUT2D eigenvalue weighted by molar-refractivity contribution is 6.34. The number of hydrazine groups is 1. The second kappa shape index (κ2) is 12.9. The molecule has 0 saturated heterocycles. The van der Waals surface area contributed by atoms with Crippen LogP contribution in [0.5, 0.6) is 0 Å². The standard InChI is InChI=1S/C29H20Cl2N2O8/c30-21-14-5-3-11-19(21)28(38)40-23(24(27(36)37)41-29(39)20-12-4-6-15-22(20)31)26(35)33-32-25(34)18-13-7-9-16-8-1-2-10-17(16)18/h1-15,23-24H,(H,32,34)(H,33,35)(H,36,37)/t23-,24-/m0/s1. The molecular formula is C29H20Cl2N2O8. The van der Waals surface area contributed by atoms with Crippen LogP contribution in [-0.4, -0.2) is 47.0 Å². The summed E-state index contributed by atoms with van der Waals surface area (Å²) >= 11 is 12.1. The van der Waals surface area contributed by atoms with E-state index in [2.05, 4.69) is 5.43 Å². The zero-order valence-corrected chi connectivity index (χ0v) is 22.4. The highest BCUT2D eigenvalue weighted by Gasteiger charge is 2.41. The van der Waals surface area contributed by atoms with E-state index in [0.29, 0.717) is 5.39 Å². The molecule has 10 nitrogen and oxygen atoms in total. The summed E-state index contributed by atoms with van der Waals surface area (Å²) in [5, 5.41) is 11.1. The monoisotopic (exact) mass is 594 g/mol. The first-order valence-electron chi connectivity index (χ1n) is 11.9. The number of hydrogen-bond acceptors (Lipinski definition) is 7. The van der Waals surface area contributed by atoms with Crippen LogP contribution in [0, 0.1) is 0 Å². The highest BCUT2D eigenvalue weighted by atomic mass is 35.5. The summed E-state index contributed by atoms with van der Waals surface area (Å²) in [6.45, 7) is 0. The quantitative estimate of drug-likeness (QED) is 0.200. The Morgan fingerprint density at radius 3 is 1.68 bits per heavy atom. The van der Waals surface area contributed by atoms with Crippen molar-refractivity contribution < 1.29 is 38.6 Å². The fourth-order valence-corrected chi connectivity index (χ4v) is 4.21. The van der Waals surface area contributed by atoms with E-state index in [9.17, 15) is 29.1 Å². The molecule has 4 aromatic rings. The Kier molecular flexibility index (Phi) is 9.18. The SMILES string of the molecule is O=C(O[C@H](C(=O)O)[C@H](OC(=O)c1ccccc1Cl)C(=O)NNC(=O)c1cccc2ccccc12)c1ccccc1Cl. The molecule has 0 radical (unpaired) electrons. The van der Waals surface area contributed by atoms with Gasteiger partial charge >= 0.3 is 17.9 Å². The number of ether oxygens (including phenoxy) is 2. The summed E-state index contributed by atoms with van der Waals surface area (Å²) in [5.74, 6) is -6.26. The molecule has 0 aliphatic rings. The number of nitrogens with one attached hydrogen (secondary N) is 2. The van der Waals surface area contributed by atoms with E-state index in [4.69, 9.17) is 32.7 Å². The first-order valence-corrected chi connectivity index (χ1v) is 12.6. The zero-order chi connectivity index (χ0) is 29.5. The van der Waals surface area contributed by atoms with Crippen molar-refractivity contribution in [3.05, 3.63) is 118 Å². The number of carboxylic acid groups (broad SMARTS) is 1. The van der Waals surface area contributed by atoms with Gasteiger partial charge in [0.25, 0.3) is 11.8 Å². The van der Waals surface area contributed by atoms with Crippen LogP contribution < -0.4 is 10.9 Å². The number of fused-ring (bicyclic) bond motifs is 1. The van der Waals surface area contributed by atoms with Gasteiger partial charge in [0.15, 0.2) is 0 Å². The molecule has 0 heterocycles. The van der Waals surface area contributed by atoms with Crippen molar-refractivity contribution in [1.82, 2.24) is 10.9 Å². The van der Waals surface area contributed by atoms with E-state index in [1.54, 1.807) is 36.4 Å². The third-order valence-corrected chi connectivity index (χ3v) is 6.42. The molecule has 4 aromatic carbocycles. The number of halogens is 2. The number of carbonyl (C=O) groups excluding carboxylic acids is 4. The average molecular weight is 595 g/mol. The van der Waals surface area contributed by atoms with Crippen molar-refractivity contribution in [3.63, 3.8) is 0 Å². The number of carbonyl (C=O) groups is 5. The average Bonchev–Trinajstić information content (AvgIpc) is 2.97. The maximum atomic E-state index is 13.2. The number of amides is 2. The molecule has 4 rings (SSSR count). The van der Waals surface area contributed by atoms with Gasteiger partial charge in [-0.05, 0) is 41.1 Å². The van der Waals surface area contributed by atoms with Crippen LogP contribution >= 0.6 is 23.2 Å². The molecule has 2 amide bonds. The van der Waals surface area contributed by atoms with E-state index in [0.717, 1.165) is 5.39 Å². The topological polar surface area (TPSA) is 148 Å². The number of carboxylic acids is 1. The van der Waals surface area contributed by atoms with E-state index in [-0.39, 0.29) is 26.7 Å². The molecule has 0 bridgehead atoms. The Morgan fingerprint density at radius 2 is 1.10 bits per heavy atom. The number of esters is 2. The number of hydrogen-bond donors (Lipinski definition) is 3. The molecule has 2 atom stereocenters. The largest absolute Gasteiger partial charge is 0.478 e. The van der Waals surface area contributed by atoms with Gasteiger partial charge in [-0.2, -0.15) is 0 Å². The molecule has 0 fully saturated rings. The lowest BCUT2D eigenvalue weighted by Gasteiger charge is -2.24. The van der Waals surface area contributed by atoms with E-state index in [1.807, 2.05) is 5.43 Å². The fourth-order valence-electron chi connectivity index (χ4n) is 3.79. The highest BCUT2D eigenvalue weighted by Crippen LogP contribution is 2.21. The van der Waals surface area contributed by atoms with E-state index in [1.165, 1.54) is 54.6 Å². The maximum absolute atomic E-state index is 13.2. The second-order valence-electron chi connectivity index (χ2n) is 8.42. The molecule has 12 heteroatoms. The molecule has 0 saturated carbocycles. The Bertz CT molecular complexity index is 1650. The molecule has 208 valence electrons. The predicted octanol–water partition coefficient (Wildman–Crippen LogP) is 4.44. The molecule has 41 heavy (non-hydrogen) atoms. The smallest absolute Gasteiger partial charge is 0.349 e. The predicted molar refractivity (Wildman–Crippen MR) is 149 cm³/mol. The Balaban J connectivity index is 1.60. The van der Waals surface area contributed by atoms with Crippen LogP contribution in [0.15, 0.2) is 91.0 Å². The van der Waals surface area contributed by atoms with Gasteiger partial charge in [0.2, 0.25) is 12.2 Å². The summed E-state index contributed by atoms with van der Waals surface area (Å²) in [6.07, 6.45) is -4.62. The Labute approximate surface area is 242 Å². The van der Waals surface area contributed by atoms with Gasteiger partial charge in [-0.25, -0.2) is 14.4 Å². The third kappa shape index (κ3) is 6.81. The summed E-state index contributed by atoms with van der Waals surface area (Å²) in [5.41, 5.74) is 4.04. The van der Waals surface area contributed by atoms with Crippen LogP contribution in [0.4, 0.5) is 0 Å². The van der Waals surface area contributed by atoms with Crippen molar-refractivity contribution in [2.45, 2.75) is 12.2 Å². The van der Waals surface area contributed by atoms with Gasteiger partial charge in [0, 0.05) is 5.56 Å².